The number of aromatic nitrogens is 1. The number of thioether (sulfide) groups is 1. The molecule has 0 aliphatic carbocycles. The van der Waals surface area contributed by atoms with Crippen LogP contribution in [0.4, 0.5) is 5.69 Å². The van der Waals surface area contributed by atoms with Gasteiger partial charge in [0.2, 0.25) is 5.52 Å². The fourth-order valence-corrected chi connectivity index (χ4v) is 5.55. The maximum atomic E-state index is 11.1. The van der Waals surface area contributed by atoms with Crippen molar-refractivity contribution in [2.75, 3.05) is 11.4 Å². The summed E-state index contributed by atoms with van der Waals surface area (Å²) in [6.07, 6.45) is 2.31. The molecule has 0 bridgehead atoms. The number of rotatable bonds is 5. The second kappa shape index (κ2) is 8.62. The monoisotopic (exact) mass is 510 g/mol. The zero-order valence-corrected chi connectivity index (χ0v) is 18.6. The number of aryl methyl sites for hydroxylation is 1. The first-order valence-electron chi connectivity index (χ1n) is 8.56. The number of carboxylic acid groups (broad SMARTS) is 1. The summed E-state index contributed by atoms with van der Waals surface area (Å²) < 4.78 is 3.30. The molecule has 3 aromatic rings. The van der Waals surface area contributed by atoms with E-state index in [2.05, 4.69) is 58.9 Å². The molecule has 0 amide bonds. The lowest BCUT2D eigenvalue weighted by Crippen LogP contribution is -3.00. The van der Waals surface area contributed by atoms with E-state index < -0.39 is 5.97 Å². The predicted octanol–water partition coefficient (Wildman–Crippen LogP) is 1.60. The molecule has 0 fully saturated rings. The minimum atomic E-state index is -0.774. The molecule has 7 heteroatoms. The second-order valence-corrected chi connectivity index (χ2v) is 8.12. The number of halogens is 1. The van der Waals surface area contributed by atoms with Gasteiger partial charge in [-0.3, -0.25) is 4.79 Å². The number of fused-ring (bicyclic) bond motifs is 2. The third kappa shape index (κ3) is 4.00. The van der Waals surface area contributed by atoms with E-state index >= 15 is 0 Å². The number of hydrogen-bond acceptors (Lipinski definition) is 4. The summed E-state index contributed by atoms with van der Waals surface area (Å²) in [5.41, 5.74) is 2.33. The smallest absolute Gasteiger partial charge is 0.309 e. The molecule has 1 aliphatic heterocycles. The Kier molecular flexibility index (Phi) is 6.44. The molecule has 1 aromatic heterocycles. The number of benzene rings is 2. The molecule has 0 saturated carbocycles. The minimum Gasteiger partial charge on any atom is -1.00 e. The van der Waals surface area contributed by atoms with Gasteiger partial charge in [-0.15, -0.1) is 0 Å². The molecule has 0 saturated heterocycles. The lowest BCUT2D eigenvalue weighted by molar-refractivity contribution is -0.667. The quantitative estimate of drug-likeness (QED) is 0.419. The summed E-state index contributed by atoms with van der Waals surface area (Å²) in [4.78, 5) is 14.7. The molecule has 4 rings (SSSR count). The minimum absolute atomic E-state index is 0. The van der Waals surface area contributed by atoms with Crippen LogP contribution in [0.1, 0.15) is 18.4 Å². The van der Waals surface area contributed by atoms with E-state index in [-0.39, 0.29) is 30.4 Å². The SMILES string of the molecule is CCN1/C(=C\c2sc3ccccc3[n+]2CCC(=O)O)Sc2ccccc21.[I-]. The van der Waals surface area contributed by atoms with E-state index in [4.69, 9.17) is 5.11 Å². The maximum Gasteiger partial charge on any atom is 0.309 e. The van der Waals surface area contributed by atoms with Gasteiger partial charge in [-0.1, -0.05) is 47.4 Å². The van der Waals surface area contributed by atoms with Crippen LogP contribution in [0.5, 0.6) is 0 Å². The van der Waals surface area contributed by atoms with Crippen molar-refractivity contribution in [1.82, 2.24) is 0 Å². The molecule has 27 heavy (non-hydrogen) atoms. The zero-order chi connectivity index (χ0) is 18.1. The highest BCUT2D eigenvalue weighted by Crippen LogP contribution is 2.46. The van der Waals surface area contributed by atoms with Gasteiger partial charge in [0, 0.05) is 17.5 Å². The largest absolute Gasteiger partial charge is 1.00 e. The van der Waals surface area contributed by atoms with E-state index in [0.29, 0.717) is 6.54 Å². The van der Waals surface area contributed by atoms with Crippen LogP contribution in [-0.4, -0.2) is 17.6 Å². The highest BCUT2D eigenvalue weighted by Gasteiger charge is 2.26. The summed E-state index contributed by atoms with van der Waals surface area (Å²) in [6.45, 7) is 3.53. The molecule has 1 N–H and O–H groups in total. The lowest BCUT2D eigenvalue weighted by atomic mass is 10.3. The Morgan fingerprint density at radius 2 is 1.93 bits per heavy atom. The number of thiazole rings is 1. The first-order chi connectivity index (χ1) is 12.7. The van der Waals surface area contributed by atoms with Crippen molar-refractivity contribution in [3.05, 3.63) is 58.6 Å². The Morgan fingerprint density at radius 3 is 2.70 bits per heavy atom. The topological polar surface area (TPSA) is 44.4 Å². The van der Waals surface area contributed by atoms with Gasteiger partial charge in [-0.2, -0.15) is 4.57 Å². The summed E-state index contributed by atoms with van der Waals surface area (Å²) in [7, 11) is 0. The van der Waals surface area contributed by atoms with Gasteiger partial charge in [0.25, 0.3) is 5.01 Å². The Labute approximate surface area is 183 Å². The number of hydrogen-bond donors (Lipinski definition) is 1. The van der Waals surface area contributed by atoms with Crippen molar-refractivity contribution in [2.24, 2.45) is 0 Å². The van der Waals surface area contributed by atoms with E-state index in [9.17, 15) is 4.79 Å². The number of carboxylic acids is 1. The van der Waals surface area contributed by atoms with E-state index in [0.717, 1.165) is 17.1 Å². The highest BCUT2D eigenvalue weighted by atomic mass is 127. The van der Waals surface area contributed by atoms with Gasteiger partial charge in [0.15, 0.2) is 6.54 Å². The highest BCUT2D eigenvalue weighted by molar-refractivity contribution is 8.03. The van der Waals surface area contributed by atoms with Gasteiger partial charge in [0.1, 0.15) is 11.1 Å². The summed E-state index contributed by atoms with van der Waals surface area (Å²) in [5.74, 6) is -0.774. The van der Waals surface area contributed by atoms with Gasteiger partial charge in [-0.05, 0) is 25.1 Å². The number of nitrogens with zero attached hydrogens (tertiary/aromatic N) is 2. The van der Waals surface area contributed by atoms with Crippen LogP contribution in [0.25, 0.3) is 16.3 Å². The molecule has 1 aliphatic rings. The Morgan fingerprint density at radius 1 is 1.19 bits per heavy atom. The maximum absolute atomic E-state index is 11.1. The molecule has 2 heterocycles. The number of aliphatic carboxylic acids is 1. The van der Waals surface area contributed by atoms with Crippen molar-refractivity contribution in [3.63, 3.8) is 0 Å². The normalized spacial score (nSPS) is 14.4. The second-order valence-electron chi connectivity index (χ2n) is 6.00. The fraction of sp³-hybridized carbons (Fsp3) is 0.200. The standard InChI is InChI=1S/C20H18N2O2S2.HI/c1-2-21-14-7-3-5-9-16(14)25-18(21)13-19-22(12-11-20(23)24)15-8-4-6-10-17(15)26-19;/h3-10,13H,2,11-12H2,1H3;1H. The van der Waals surface area contributed by atoms with Crippen molar-refractivity contribution in [2.45, 2.75) is 24.8 Å². The number of anilines is 1. The molecule has 140 valence electrons. The van der Waals surface area contributed by atoms with Crippen molar-refractivity contribution in [1.29, 1.82) is 0 Å². The Hall–Kier alpha value is -1.58. The van der Waals surface area contributed by atoms with Gasteiger partial charge in [-0.25, -0.2) is 0 Å². The third-order valence-corrected chi connectivity index (χ3v) is 6.61. The number of para-hydroxylation sites is 2. The molecule has 0 atom stereocenters. The van der Waals surface area contributed by atoms with Crippen LogP contribution in [0, 0.1) is 0 Å². The van der Waals surface area contributed by atoms with E-state index in [1.807, 2.05) is 12.1 Å². The van der Waals surface area contributed by atoms with Crippen LogP contribution >= 0.6 is 23.1 Å². The zero-order valence-electron chi connectivity index (χ0n) is 14.8. The van der Waals surface area contributed by atoms with Gasteiger partial charge >= 0.3 is 5.97 Å². The Balaban J connectivity index is 0.00000210. The molecular formula is C20H19IN2O2S2. The summed E-state index contributed by atoms with van der Waals surface area (Å²) >= 11 is 3.48. The third-order valence-electron chi connectivity index (χ3n) is 4.39. The van der Waals surface area contributed by atoms with Crippen LogP contribution in [0.15, 0.2) is 58.5 Å². The fourth-order valence-electron chi connectivity index (χ4n) is 3.19. The molecule has 2 aromatic carbocycles. The molecule has 0 radical (unpaired) electrons. The molecule has 4 nitrogen and oxygen atoms in total. The average molecular weight is 510 g/mol. The lowest BCUT2D eigenvalue weighted by Gasteiger charge is -2.17. The first kappa shape index (κ1) is 20.2. The molecule has 0 spiro atoms. The Bertz CT molecular complexity index is 1020. The summed E-state index contributed by atoms with van der Waals surface area (Å²) in [5, 5.41) is 11.4. The van der Waals surface area contributed by atoms with Crippen LogP contribution < -0.4 is 33.4 Å². The van der Waals surface area contributed by atoms with E-state index in [1.54, 1.807) is 23.1 Å². The van der Waals surface area contributed by atoms with Gasteiger partial charge in [0.05, 0.1) is 16.8 Å². The van der Waals surface area contributed by atoms with Crippen molar-refractivity contribution >= 4 is 51.0 Å². The first-order valence-corrected chi connectivity index (χ1v) is 10.2. The van der Waals surface area contributed by atoms with Crippen molar-refractivity contribution in [3.8, 4) is 0 Å². The predicted molar refractivity (Wildman–Crippen MR) is 108 cm³/mol. The van der Waals surface area contributed by atoms with Crippen LogP contribution in [-0.2, 0) is 11.3 Å². The van der Waals surface area contributed by atoms with E-state index in [1.165, 1.54) is 20.3 Å². The molecule has 0 unspecified atom stereocenters. The van der Waals surface area contributed by atoms with Gasteiger partial charge < -0.3 is 34.0 Å². The van der Waals surface area contributed by atoms with Crippen LogP contribution in [0.2, 0.25) is 0 Å². The summed E-state index contributed by atoms with van der Waals surface area (Å²) in [6, 6.07) is 16.6. The van der Waals surface area contributed by atoms with Crippen molar-refractivity contribution < 1.29 is 38.4 Å². The van der Waals surface area contributed by atoms with Crippen LogP contribution in [0.3, 0.4) is 0 Å². The molecular weight excluding hydrogens is 491 g/mol. The average Bonchev–Trinajstić information content (AvgIpc) is 3.17. The number of carbonyl (C=O) groups is 1.